The molecule has 0 aliphatic rings. The Kier molecular flexibility index (Phi) is 3.67. The average Bonchev–Trinajstić information content (AvgIpc) is 2.39. The fourth-order valence-corrected chi connectivity index (χ4v) is 1.60. The smallest absolute Gasteiger partial charge is 0.144 e. The first-order valence-electron chi connectivity index (χ1n) is 5.68. The predicted molar refractivity (Wildman–Crippen MR) is 71.6 cm³/mol. The second-order valence-corrected chi connectivity index (χ2v) is 3.91. The number of hydrogen-bond acceptors (Lipinski definition) is 4. The number of hydrogen-bond donors (Lipinski definition) is 0. The Labute approximate surface area is 106 Å². The van der Waals surface area contributed by atoms with Crippen molar-refractivity contribution < 1.29 is 4.74 Å². The number of para-hydroxylation sites is 2. The molecule has 0 N–H and O–H groups in total. The third kappa shape index (κ3) is 2.71. The molecule has 0 saturated carbocycles. The largest absolute Gasteiger partial charge is 0.494 e. The quantitative estimate of drug-likeness (QED) is 0.776. The topological polar surface area (TPSA) is 47.4 Å². The number of aryl methyl sites for hydroxylation is 1. The highest BCUT2D eigenvalue weighted by Crippen LogP contribution is 2.26. The van der Waals surface area contributed by atoms with Crippen molar-refractivity contribution in [1.82, 2.24) is 9.97 Å². The van der Waals surface area contributed by atoms with Gasteiger partial charge in [-0.2, -0.15) is 0 Å². The Hall–Kier alpha value is -2.23. The van der Waals surface area contributed by atoms with E-state index in [9.17, 15) is 0 Å². The Bertz CT molecular complexity index is 579. The molecule has 0 spiro atoms. The van der Waals surface area contributed by atoms with Crippen LogP contribution in [0, 0.1) is 6.92 Å². The summed E-state index contributed by atoms with van der Waals surface area (Å²) in [5.74, 6) is 0.748. The average molecular weight is 241 g/mol. The zero-order valence-electron chi connectivity index (χ0n) is 10.7. The van der Waals surface area contributed by atoms with Crippen molar-refractivity contribution in [3.05, 3.63) is 48.0 Å². The van der Waals surface area contributed by atoms with Crippen LogP contribution in [-0.4, -0.2) is 22.8 Å². The third-order valence-corrected chi connectivity index (χ3v) is 2.50. The molecule has 0 saturated heterocycles. The molecule has 1 heterocycles. The molecule has 0 aliphatic heterocycles. The lowest BCUT2D eigenvalue weighted by Crippen LogP contribution is -2.00. The van der Waals surface area contributed by atoms with Gasteiger partial charge in [0.2, 0.25) is 0 Å². The summed E-state index contributed by atoms with van der Waals surface area (Å²) in [7, 11) is 1.64. The molecule has 4 heteroatoms. The molecule has 0 radical (unpaired) electrons. The number of aromatic nitrogens is 2. The van der Waals surface area contributed by atoms with Crippen LogP contribution in [-0.2, 0) is 0 Å². The lowest BCUT2D eigenvalue weighted by atomic mass is 10.2. The summed E-state index contributed by atoms with van der Waals surface area (Å²) in [6.07, 6.45) is 3.43. The molecule has 18 heavy (non-hydrogen) atoms. The molecule has 92 valence electrons. The summed E-state index contributed by atoms with van der Waals surface area (Å²) in [6.45, 7) is 3.82. The summed E-state index contributed by atoms with van der Waals surface area (Å²) in [6, 6.07) is 7.63. The molecule has 4 nitrogen and oxygen atoms in total. The van der Waals surface area contributed by atoms with E-state index in [1.807, 2.05) is 38.1 Å². The van der Waals surface area contributed by atoms with E-state index >= 15 is 0 Å². The standard InChI is InChI=1S/C14H15N3O/c1-10-8-15-9-13(16-10)11(2)17-12-6-4-5-7-14(12)18-3/h4-9H,1-3H3. The van der Waals surface area contributed by atoms with Gasteiger partial charge in [-0.1, -0.05) is 12.1 Å². The van der Waals surface area contributed by atoms with Crippen molar-refractivity contribution in [2.75, 3.05) is 7.11 Å². The molecule has 0 bridgehead atoms. The number of aliphatic imine (C=N–C) groups is 1. The lowest BCUT2D eigenvalue weighted by Gasteiger charge is -2.05. The number of rotatable bonds is 3. The maximum absolute atomic E-state index is 5.26. The second-order valence-electron chi connectivity index (χ2n) is 3.91. The van der Waals surface area contributed by atoms with Gasteiger partial charge in [-0.3, -0.25) is 4.98 Å². The van der Waals surface area contributed by atoms with Crippen molar-refractivity contribution in [3.63, 3.8) is 0 Å². The van der Waals surface area contributed by atoms with Crippen molar-refractivity contribution in [2.24, 2.45) is 4.99 Å². The molecule has 2 rings (SSSR count). The normalized spacial score (nSPS) is 11.4. The summed E-state index contributed by atoms with van der Waals surface area (Å²) >= 11 is 0. The van der Waals surface area contributed by atoms with Crippen molar-refractivity contribution >= 4 is 11.4 Å². The maximum Gasteiger partial charge on any atom is 0.144 e. The Morgan fingerprint density at radius 3 is 2.72 bits per heavy atom. The highest BCUT2D eigenvalue weighted by Gasteiger charge is 2.03. The minimum Gasteiger partial charge on any atom is -0.494 e. The highest BCUT2D eigenvalue weighted by molar-refractivity contribution is 5.98. The SMILES string of the molecule is COc1ccccc1N=C(C)c1cncc(C)n1. The van der Waals surface area contributed by atoms with Gasteiger partial charge in [0, 0.05) is 6.20 Å². The van der Waals surface area contributed by atoms with E-state index < -0.39 is 0 Å². The van der Waals surface area contributed by atoms with Crippen LogP contribution in [0.15, 0.2) is 41.7 Å². The van der Waals surface area contributed by atoms with Crippen LogP contribution in [0.4, 0.5) is 5.69 Å². The second kappa shape index (κ2) is 5.40. The molecular formula is C14H15N3O. The Morgan fingerprint density at radius 1 is 1.22 bits per heavy atom. The molecule has 2 aromatic rings. The first-order chi connectivity index (χ1) is 8.70. The van der Waals surface area contributed by atoms with E-state index in [0.29, 0.717) is 0 Å². The highest BCUT2D eigenvalue weighted by atomic mass is 16.5. The van der Waals surface area contributed by atoms with E-state index in [-0.39, 0.29) is 0 Å². The molecule has 0 unspecified atom stereocenters. The van der Waals surface area contributed by atoms with Gasteiger partial charge in [-0.25, -0.2) is 9.98 Å². The van der Waals surface area contributed by atoms with Crippen LogP contribution in [0.1, 0.15) is 18.3 Å². The van der Waals surface area contributed by atoms with Crippen LogP contribution in [0.25, 0.3) is 0 Å². The molecule has 0 atom stereocenters. The van der Waals surface area contributed by atoms with Gasteiger partial charge < -0.3 is 4.74 Å². The van der Waals surface area contributed by atoms with Crippen LogP contribution in [0.2, 0.25) is 0 Å². The number of methoxy groups -OCH3 is 1. The van der Waals surface area contributed by atoms with E-state index in [1.165, 1.54) is 0 Å². The molecule has 0 amide bonds. The van der Waals surface area contributed by atoms with Gasteiger partial charge in [-0.05, 0) is 26.0 Å². The molecule has 1 aromatic carbocycles. The van der Waals surface area contributed by atoms with Gasteiger partial charge in [0.05, 0.1) is 24.7 Å². The zero-order valence-corrected chi connectivity index (χ0v) is 10.7. The molecule has 0 aliphatic carbocycles. The first-order valence-corrected chi connectivity index (χ1v) is 5.68. The van der Waals surface area contributed by atoms with Gasteiger partial charge in [0.25, 0.3) is 0 Å². The first kappa shape index (κ1) is 12.2. The summed E-state index contributed by atoms with van der Waals surface area (Å²) in [5, 5.41) is 0. The van der Waals surface area contributed by atoms with Crippen LogP contribution >= 0.6 is 0 Å². The van der Waals surface area contributed by atoms with Gasteiger partial charge in [-0.15, -0.1) is 0 Å². The summed E-state index contributed by atoms with van der Waals surface area (Å²) in [4.78, 5) is 13.0. The van der Waals surface area contributed by atoms with Crippen LogP contribution in [0.3, 0.4) is 0 Å². The predicted octanol–water partition coefficient (Wildman–Crippen LogP) is 2.93. The zero-order chi connectivity index (χ0) is 13.0. The van der Waals surface area contributed by atoms with Crippen molar-refractivity contribution in [3.8, 4) is 5.75 Å². The number of benzene rings is 1. The summed E-state index contributed by atoms with van der Waals surface area (Å²) < 4.78 is 5.26. The van der Waals surface area contributed by atoms with Gasteiger partial charge in [0.1, 0.15) is 17.1 Å². The van der Waals surface area contributed by atoms with Crippen LogP contribution in [0.5, 0.6) is 5.75 Å². The van der Waals surface area contributed by atoms with Gasteiger partial charge in [0.15, 0.2) is 0 Å². The monoisotopic (exact) mass is 241 g/mol. The fourth-order valence-electron chi connectivity index (χ4n) is 1.60. The molecule has 0 fully saturated rings. The maximum atomic E-state index is 5.26. The third-order valence-electron chi connectivity index (χ3n) is 2.50. The van der Waals surface area contributed by atoms with Crippen molar-refractivity contribution in [1.29, 1.82) is 0 Å². The van der Waals surface area contributed by atoms with E-state index in [4.69, 9.17) is 4.74 Å². The Balaban J connectivity index is 2.38. The minimum absolute atomic E-state index is 0.748. The number of nitrogens with zero attached hydrogens (tertiary/aromatic N) is 3. The molecule has 1 aromatic heterocycles. The van der Waals surface area contributed by atoms with Gasteiger partial charge >= 0.3 is 0 Å². The van der Waals surface area contributed by atoms with E-state index in [0.717, 1.165) is 28.5 Å². The molecular weight excluding hydrogens is 226 g/mol. The fraction of sp³-hybridized carbons (Fsp3) is 0.214. The summed E-state index contributed by atoms with van der Waals surface area (Å²) in [5.41, 5.74) is 3.26. The Morgan fingerprint density at radius 2 is 2.00 bits per heavy atom. The van der Waals surface area contributed by atoms with E-state index in [1.54, 1.807) is 19.5 Å². The van der Waals surface area contributed by atoms with E-state index in [2.05, 4.69) is 15.0 Å². The van der Waals surface area contributed by atoms with Crippen LogP contribution < -0.4 is 4.74 Å². The van der Waals surface area contributed by atoms with Crippen molar-refractivity contribution in [2.45, 2.75) is 13.8 Å². The number of ether oxygens (including phenoxy) is 1. The lowest BCUT2D eigenvalue weighted by molar-refractivity contribution is 0.416. The minimum atomic E-state index is 0.748.